The quantitative estimate of drug-likeness (QED) is 0.873. The molecule has 0 radical (unpaired) electrons. The van der Waals surface area contributed by atoms with Gasteiger partial charge in [0.2, 0.25) is 11.7 Å². The van der Waals surface area contributed by atoms with Crippen molar-refractivity contribution in [1.29, 1.82) is 0 Å². The van der Waals surface area contributed by atoms with E-state index in [4.69, 9.17) is 10.3 Å². The van der Waals surface area contributed by atoms with E-state index in [1.54, 1.807) is 0 Å². The van der Waals surface area contributed by atoms with Crippen LogP contribution in [0, 0.1) is 11.8 Å². The maximum Gasteiger partial charge on any atom is 0.227 e. The summed E-state index contributed by atoms with van der Waals surface area (Å²) in [4.78, 5) is 4.46. The molecule has 20 heavy (non-hydrogen) atoms. The van der Waals surface area contributed by atoms with Crippen LogP contribution in [-0.2, 0) is 6.42 Å². The summed E-state index contributed by atoms with van der Waals surface area (Å²) in [5.41, 5.74) is 6.76. The zero-order valence-electron chi connectivity index (χ0n) is 11.8. The summed E-state index contributed by atoms with van der Waals surface area (Å²) >= 11 is 3.41. The molecule has 1 atom stereocenters. The Morgan fingerprint density at radius 3 is 2.55 bits per heavy atom. The Hall–Kier alpha value is -1.20. The van der Waals surface area contributed by atoms with E-state index in [9.17, 15) is 0 Å². The fourth-order valence-corrected chi connectivity index (χ4v) is 2.49. The Balaban J connectivity index is 2.06. The fraction of sp³-hybridized carbons (Fsp3) is 0.467. The van der Waals surface area contributed by atoms with Crippen LogP contribution in [0.25, 0.3) is 11.4 Å². The summed E-state index contributed by atoms with van der Waals surface area (Å²) in [6.45, 7) is 5.04. The summed E-state index contributed by atoms with van der Waals surface area (Å²) in [5, 5.41) is 4.04. The van der Waals surface area contributed by atoms with Gasteiger partial charge in [0.1, 0.15) is 0 Å². The van der Waals surface area contributed by atoms with Crippen LogP contribution in [0.5, 0.6) is 0 Å². The third kappa shape index (κ3) is 4.15. The molecule has 0 aliphatic heterocycles. The van der Waals surface area contributed by atoms with Crippen LogP contribution in [0.4, 0.5) is 0 Å². The smallest absolute Gasteiger partial charge is 0.227 e. The van der Waals surface area contributed by atoms with Crippen LogP contribution in [0.15, 0.2) is 33.3 Å². The lowest BCUT2D eigenvalue weighted by atomic mass is 9.94. The molecule has 0 bridgehead atoms. The molecule has 0 unspecified atom stereocenters. The van der Waals surface area contributed by atoms with Crippen molar-refractivity contribution in [3.63, 3.8) is 0 Å². The van der Waals surface area contributed by atoms with Crippen molar-refractivity contribution in [2.24, 2.45) is 17.6 Å². The Labute approximate surface area is 127 Å². The third-order valence-electron chi connectivity index (χ3n) is 3.17. The van der Waals surface area contributed by atoms with E-state index in [1.165, 1.54) is 0 Å². The molecule has 0 saturated carbocycles. The third-order valence-corrected chi connectivity index (χ3v) is 3.70. The van der Waals surface area contributed by atoms with Crippen molar-refractivity contribution in [3.05, 3.63) is 34.6 Å². The van der Waals surface area contributed by atoms with E-state index in [0.717, 1.165) is 22.9 Å². The summed E-state index contributed by atoms with van der Waals surface area (Å²) in [6, 6.07) is 7.86. The Morgan fingerprint density at radius 1 is 1.25 bits per heavy atom. The molecule has 2 aromatic rings. The highest BCUT2D eigenvalue weighted by Gasteiger charge is 2.15. The van der Waals surface area contributed by atoms with Crippen LogP contribution in [-0.4, -0.2) is 16.7 Å². The number of nitrogens with zero attached hydrogens (tertiary/aromatic N) is 2. The van der Waals surface area contributed by atoms with Crippen molar-refractivity contribution in [2.75, 3.05) is 6.54 Å². The molecule has 1 aromatic carbocycles. The standard InChI is InChI=1S/C15H20BrN3O/c1-10(2)7-11(9-17)8-14-18-15(19-20-14)12-3-5-13(16)6-4-12/h3-6,10-11H,7-9,17H2,1-2H3/t11-/m0/s1. The topological polar surface area (TPSA) is 64.9 Å². The number of aromatic nitrogens is 2. The summed E-state index contributed by atoms with van der Waals surface area (Å²) in [6.07, 6.45) is 1.82. The van der Waals surface area contributed by atoms with Gasteiger partial charge in [-0.05, 0) is 49.1 Å². The zero-order chi connectivity index (χ0) is 14.5. The lowest BCUT2D eigenvalue weighted by Crippen LogP contribution is -2.19. The first kappa shape index (κ1) is 15.2. The van der Waals surface area contributed by atoms with Crippen LogP contribution >= 0.6 is 15.9 Å². The van der Waals surface area contributed by atoms with E-state index < -0.39 is 0 Å². The maximum atomic E-state index is 5.81. The second-order valence-electron chi connectivity index (χ2n) is 5.45. The second kappa shape index (κ2) is 6.99. The van der Waals surface area contributed by atoms with Crippen molar-refractivity contribution in [3.8, 4) is 11.4 Å². The average Bonchev–Trinajstić information content (AvgIpc) is 2.87. The molecule has 108 valence electrons. The van der Waals surface area contributed by atoms with E-state index in [2.05, 4.69) is 39.9 Å². The first-order valence-corrected chi connectivity index (χ1v) is 7.66. The van der Waals surface area contributed by atoms with Gasteiger partial charge in [-0.15, -0.1) is 0 Å². The van der Waals surface area contributed by atoms with Gasteiger partial charge >= 0.3 is 0 Å². The molecule has 4 nitrogen and oxygen atoms in total. The highest BCUT2D eigenvalue weighted by molar-refractivity contribution is 9.10. The molecule has 1 aromatic heterocycles. The van der Waals surface area contributed by atoms with E-state index >= 15 is 0 Å². The van der Waals surface area contributed by atoms with E-state index in [-0.39, 0.29) is 0 Å². The van der Waals surface area contributed by atoms with Gasteiger partial charge in [-0.25, -0.2) is 0 Å². The molecular formula is C15H20BrN3O. The number of benzene rings is 1. The van der Waals surface area contributed by atoms with Gasteiger partial charge in [0.05, 0.1) is 0 Å². The van der Waals surface area contributed by atoms with Crippen LogP contribution in [0.1, 0.15) is 26.2 Å². The number of hydrogen-bond acceptors (Lipinski definition) is 4. The highest BCUT2D eigenvalue weighted by atomic mass is 79.9. The number of nitrogens with two attached hydrogens (primary N) is 1. The summed E-state index contributed by atoms with van der Waals surface area (Å²) < 4.78 is 6.37. The van der Waals surface area contributed by atoms with E-state index in [1.807, 2.05) is 24.3 Å². The van der Waals surface area contributed by atoms with Gasteiger partial charge in [-0.2, -0.15) is 4.98 Å². The molecule has 1 heterocycles. The molecule has 0 amide bonds. The molecule has 0 spiro atoms. The molecule has 2 rings (SSSR count). The minimum absolute atomic E-state index is 0.396. The van der Waals surface area contributed by atoms with Gasteiger partial charge in [-0.1, -0.05) is 34.9 Å². The molecule has 0 fully saturated rings. The monoisotopic (exact) mass is 337 g/mol. The minimum Gasteiger partial charge on any atom is -0.339 e. The van der Waals surface area contributed by atoms with Crippen molar-refractivity contribution in [2.45, 2.75) is 26.7 Å². The first-order valence-electron chi connectivity index (χ1n) is 6.87. The largest absolute Gasteiger partial charge is 0.339 e. The fourth-order valence-electron chi connectivity index (χ4n) is 2.23. The Bertz CT molecular complexity index is 536. The Kier molecular flexibility index (Phi) is 5.31. The summed E-state index contributed by atoms with van der Waals surface area (Å²) in [5.74, 6) is 2.32. The van der Waals surface area contributed by atoms with Crippen LogP contribution in [0.3, 0.4) is 0 Å². The van der Waals surface area contributed by atoms with Crippen molar-refractivity contribution < 1.29 is 4.52 Å². The van der Waals surface area contributed by atoms with Crippen molar-refractivity contribution in [1.82, 2.24) is 10.1 Å². The molecule has 0 saturated heterocycles. The predicted molar refractivity (Wildman–Crippen MR) is 83.1 cm³/mol. The minimum atomic E-state index is 0.396. The zero-order valence-corrected chi connectivity index (χ0v) is 13.4. The highest BCUT2D eigenvalue weighted by Crippen LogP contribution is 2.21. The van der Waals surface area contributed by atoms with Gasteiger partial charge < -0.3 is 10.3 Å². The predicted octanol–water partition coefficient (Wildman–Crippen LogP) is 3.66. The molecule has 0 aliphatic carbocycles. The van der Waals surface area contributed by atoms with Gasteiger partial charge in [0.25, 0.3) is 0 Å². The van der Waals surface area contributed by atoms with Gasteiger partial charge in [0, 0.05) is 16.5 Å². The molecule has 0 aliphatic rings. The molecule has 5 heteroatoms. The molecular weight excluding hydrogens is 318 g/mol. The first-order chi connectivity index (χ1) is 9.58. The summed E-state index contributed by atoms with van der Waals surface area (Å²) in [7, 11) is 0. The lowest BCUT2D eigenvalue weighted by Gasteiger charge is -2.14. The second-order valence-corrected chi connectivity index (χ2v) is 6.37. The van der Waals surface area contributed by atoms with Crippen LogP contribution in [0.2, 0.25) is 0 Å². The van der Waals surface area contributed by atoms with Crippen molar-refractivity contribution >= 4 is 15.9 Å². The number of hydrogen-bond donors (Lipinski definition) is 1. The lowest BCUT2D eigenvalue weighted by molar-refractivity contribution is 0.332. The van der Waals surface area contributed by atoms with E-state index in [0.29, 0.717) is 30.1 Å². The van der Waals surface area contributed by atoms with Crippen LogP contribution < -0.4 is 5.73 Å². The number of rotatable bonds is 6. The number of halogens is 1. The Morgan fingerprint density at radius 2 is 1.95 bits per heavy atom. The average molecular weight is 338 g/mol. The maximum absolute atomic E-state index is 5.81. The van der Waals surface area contributed by atoms with Gasteiger partial charge in [0.15, 0.2) is 0 Å². The molecule has 2 N–H and O–H groups in total. The van der Waals surface area contributed by atoms with Gasteiger partial charge in [-0.3, -0.25) is 0 Å². The SMILES string of the molecule is CC(C)C[C@H](CN)Cc1nc(-c2ccc(Br)cc2)no1. The normalized spacial score (nSPS) is 12.8.